The summed E-state index contributed by atoms with van der Waals surface area (Å²) in [6.07, 6.45) is -0.967. The molecule has 3 heteroatoms. The number of aliphatic hydroxyl groups is 1. The van der Waals surface area contributed by atoms with Crippen molar-refractivity contribution in [1.82, 2.24) is 0 Å². The highest BCUT2D eigenvalue weighted by Crippen LogP contribution is 2.18. The maximum atomic E-state index is 11.6. The first-order chi connectivity index (χ1) is 7.52. The van der Waals surface area contributed by atoms with Crippen molar-refractivity contribution in [3.8, 4) is 0 Å². The molecule has 88 valence electrons. The van der Waals surface area contributed by atoms with Gasteiger partial charge in [-0.3, -0.25) is 4.79 Å². The largest absolute Gasteiger partial charge is 0.458 e. The van der Waals surface area contributed by atoms with Crippen molar-refractivity contribution >= 4 is 5.97 Å². The van der Waals surface area contributed by atoms with Gasteiger partial charge in [0.05, 0.1) is 12.0 Å². The third-order valence-electron chi connectivity index (χ3n) is 2.66. The highest BCUT2D eigenvalue weighted by atomic mass is 16.5. The molecular weight excluding hydrogens is 204 g/mol. The number of ether oxygens (including phenoxy) is 1. The van der Waals surface area contributed by atoms with Crippen LogP contribution in [0.25, 0.3) is 0 Å². The number of carbonyl (C=O) groups excluding carboxylic acids is 1. The summed E-state index contributed by atoms with van der Waals surface area (Å²) in [4.78, 5) is 11.6. The fourth-order valence-electron chi connectivity index (χ4n) is 1.27. The Hall–Kier alpha value is -1.35. The first kappa shape index (κ1) is 12.7. The van der Waals surface area contributed by atoms with Gasteiger partial charge in [-0.15, -0.1) is 0 Å². The van der Waals surface area contributed by atoms with Crippen LogP contribution in [0.15, 0.2) is 30.3 Å². The summed E-state index contributed by atoms with van der Waals surface area (Å²) in [7, 11) is 0. The van der Waals surface area contributed by atoms with Crippen molar-refractivity contribution in [3.63, 3.8) is 0 Å². The highest BCUT2D eigenvalue weighted by molar-refractivity contribution is 5.72. The first-order valence-corrected chi connectivity index (χ1v) is 5.46. The van der Waals surface area contributed by atoms with Gasteiger partial charge >= 0.3 is 5.97 Å². The van der Waals surface area contributed by atoms with E-state index >= 15 is 0 Å². The zero-order valence-corrected chi connectivity index (χ0v) is 9.88. The number of hydrogen-bond donors (Lipinski definition) is 1. The summed E-state index contributed by atoms with van der Waals surface area (Å²) in [6, 6.07) is 9.53. The third kappa shape index (κ3) is 3.35. The summed E-state index contributed by atoms with van der Waals surface area (Å²) in [5.41, 5.74) is 0.952. The van der Waals surface area contributed by atoms with Gasteiger partial charge in [-0.25, -0.2) is 0 Å². The summed E-state index contributed by atoms with van der Waals surface area (Å²) in [5, 5.41) is 9.27. The maximum absolute atomic E-state index is 11.6. The molecule has 0 saturated carbocycles. The number of benzene rings is 1. The number of rotatable bonds is 4. The predicted molar refractivity (Wildman–Crippen MR) is 61.8 cm³/mol. The second-order valence-corrected chi connectivity index (χ2v) is 4.02. The molecule has 16 heavy (non-hydrogen) atoms. The molecule has 1 N–H and O–H groups in total. The van der Waals surface area contributed by atoms with Gasteiger partial charge in [0.2, 0.25) is 0 Å². The number of aliphatic hydroxyl groups excluding tert-OH is 1. The van der Waals surface area contributed by atoms with Crippen LogP contribution < -0.4 is 0 Å². The SMILES string of the molecule is C[C@H](O)[C@@H](C)C(=O)O[C@H](C)c1ccccc1. The Bertz CT molecular complexity index is 332. The number of carbonyl (C=O) groups is 1. The van der Waals surface area contributed by atoms with Gasteiger partial charge < -0.3 is 9.84 Å². The van der Waals surface area contributed by atoms with Gasteiger partial charge in [-0.1, -0.05) is 30.3 Å². The molecule has 0 bridgehead atoms. The lowest BCUT2D eigenvalue weighted by molar-refractivity contribution is -0.156. The van der Waals surface area contributed by atoms with Gasteiger partial charge in [-0.05, 0) is 26.3 Å². The van der Waals surface area contributed by atoms with Crippen LogP contribution in [-0.2, 0) is 9.53 Å². The van der Waals surface area contributed by atoms with E-state index in [2.05, 4.69) is 0 Å². The molecule has 1 rings (SSSR count). The Morgan fingerprint density at radius 1 is 1.19 bits per heavy atom. The molecular formula is C13H18O3. The lowest BCUT2D eigenvalue weighted by Gasteiger charge is -2.18. The summed E-state index contributed by atoms with van der Waals surface area (Å²) >= 11 is 0. The molecule has 0 aliphatic carbocycles. The van der Waals surface area contributed by atoms with Crippen LogP contribution in [0.4, 0.5) is 0 Å². The highest BCUT2D eigenvalue weighted by Gasteiger charge is 2.22. The minimum atomic E-state index is -0.685. The second kappa shape index (κ2) is 5.66. The van der Waals surface area contributed by atoms with Crippen LogP contribution in [0, 0.1) is 5.92 Å². The monoisotopic (exact) mass is 222 g/mol. The zero-order valence-electron chi connectivity index (χ0n) is 9.88. The predicted octanol–water partition coefficient (Wildman–Crippen LogP) is 2.31. The van der Waals surface area contributed by atoms with Crippen molar-refractivity contribution in [2.24, 2.45) is 5.92 Å². The quantitative estimate of drug-likeness (QED) is 0.795. The van der Waals surface area contributed by atoms with Gasteiger partial charge in [0.15, 0.2) is 0 Å². The van der Waals surface area contributed by atoms with Gasteiger partial charge in [0.25, 0.3) is 0 Å². The minimum Gasteiger partial charge on any atom is -0.458 e. The number of esters is 1. The Morgan fingerprint density at radius 3 is 2.25 bits per heavy atom. The molecule has 0 heterocycles. The summed E-state index contributed by atoms with van der Waals surface area (Å²) < 4.78 is 5.26. The van der Waals surface area contributed by atoms with Crippen molar-refractivity contribution in [3.05, 3.63) is 35.9 Å². The van der Waals surface area contributed by atoms with E-state index in [0.717, 1.165) is 5.56 Å². The topological polar surface area (TPSA) is 46.5 Å². The maximum Gasteiger partial charge on any atom is 0.311 e. The van der Waals surface area contributed by atoms with E-state index in [9.17, 15) is 9.90 Å². The molecule has 0 spiro atoms. The average Bonchev–Trinajstić information content (AvgIpc) is 2.28. The Balaban J connectivity index is 2.58. The molecule has 0 saturated heterocycles. The molecule has 3 nitrogen and oxygen atoms in total. The average molecular weight is 222 g/mol. The van der Waals surface area contributed by atoms with Crippen LogP contribution in [0.1, 0.15) is 32.4 Å². The Kier molecular flexibility index (Phi) is 4.50. The first-order valence-electron chi connectivity index (χ1n) is 5.46. The molecule has 0 amide bonds. The van der Waals surface area contributed by atoms with E-state index < -0.39 is 12.0 Å². The lowest BCUT2D eigenvalue weighted by Crippen LogP contribution is -2.25. The van der Waals surface area contributed by atoms with Crippen molar-refractivity contribution in [2.45, 2.75) is 33.0 Å². The van der Waals surface area contributed by atoms with Gasteiger partial charge in [0.1, 0.15) is 6.10 Å². The minimum absolute atomic E-state index is 0.283. The fourth-order valence-corrected chi connectivity index (χ4v) is 1.27. The molecule has 0 aliphatic rings. The van der Waals surface area contributed by atoms with Crippen molar-refractivity contribution < 1.29 is 14.6 Å². The van der Waals surface area contributed by atoms with E-state index in [4.69, 9.17) is 4.74 Å². The van der Waals surface area contributed by atoms with Crippen LogP contribution in [0.2, 0.25) is 0 Å². The molecule has 0 aromatic heterocycles. The molecule has 0 unspecified atom stereocenters. The van der Waals surface area contributed by atoms with Gasteiger partial charge in [0, 0.05) is 0 Å². The normalized spacial score (nSPS) is 16.2. The van der Waals surface area contributed by atoms with E-state index in [0.29, 0.717) is 0 Å². The second-order valence-electron chi connectivity index (χ2n) is 4.02. The fraction of sp³-hybridized carbons (Fsp3) is 0.462. The summed E-state index contributed by atoms with van der Waals surface area (Å²) in [6.45, 7) is 5.06. The standard InChI is InChI=1S/C13H18O3/c1-9(10(2)14)13(15)16-11(3)12-7-5-4-6-8-12/h4-11,14H,1-3H3/t9-,10+,11-/m1/s1. The summed E-state index contributed by atoms with van der Waals surface area (Å²) in [5.74, 6) is -0.863. The molecule has 3 atom stereocenters. The Labute approximate surface area is 96.1 Å². The van der Waals surface area contributed by atoms with Crippen LogP contribution in [0.3, 0.4) is 0 Å². The van der Waals surface area contributed by atoms with Crippen LogP contribution in [-0.4, -0.2) is 17.2 Å². The number of hydrogen-bond acceptors (Lipinski definition) is 3. The molecule has 0 radical (unpaired) electrons. The van der Waals surface area contributed by atoms with E-state index in [1.165, 1.54) is 0 Å². The van der Waals surface area contributed by atoms with Crippen LogP contribution >= 0.6 is 0 Å². The molecule has 0 aliphatic heterocycles. The molecule has 1 aromatic carbocycles. The Morgan fingerprint density at radius 2 is 1.75 bits per heavy atom. The van der Waals surface area contributed by atoms with E-state index in [1.54, 1.807) is 13.8 Å². The smallest absolute Gasteiger partial charge is 0.311 e. The molecule has 1 aromatic rings. The van der Waals surface area contributed by atoms with E-state index in [1.807, 2.05) is 37.3 Å². The van der Waals surface area contributed by atoms with Crippen LogP contribution in [0.5, 0.6) is 0 Å². The van der Waals surface area contributed by atoms with Crippen molar-refractivity contribution in [2.75, 3.05) is 0 Å². The third-order valence-corrected chi connectivity index (χ3v) is 2.66. The van der Waals surface area contributed by atoms with Crippen molar-refractivity contribution in [1.29, 1.82) is 0 Å². The lowest BCUT2D eigenvalue weighted by atomic mass is 10.1. The molecule has 0 fully saturated rings. The van der Waals surface area contributed by atoms with Gasteiger partial charge in [-0.2, -0.15) is 0 Å². The zero-order chi connectivity index (χ0) is 12.1. The van der Waals surface area contributed by atoms with E-state index in [-0.39, 0.29) is 12.1 Å².